The minimum atomic E-state index is -0.0964. The zero-order valence-electron chi connectivity index (χ0n) is 9.20. The van der Waals surface area contributed by atoms with Crippen molar-refractivity contribution in [3.63, 3.8) is 0 Å². The Labute approximate surface area is 89.4 Å². The Morgan fingerprint density at radius 1 is 1.27 bits per heavy atom. The SMILES string of the molecule is COc1ccc2c(c1)C(C)NC(C)C2=O. The first kappa shape index (κ1) is 10.2. The highest BCUT2D eigenvalue weighted by Crippen LogP contribution is 2.28. The smallest absolute Gasteiger partial charge is 0.179 e. The van der Waals surface area contributed by atoms with E-state index in [-0.39, 0.29) is 17.9 Å². The molecule has 1 aliphatic rings. The van der Waals surface area contributed by atoms with E-state index in [4.69, 9.17) is 4.74 Å². The molecule has 2 atom stereocenters. The summed E-state index contributed by atoms with van der Waals surface area (Å²) in [5.74, 6) is 0.954. The number of ether oxygens (including phenoxy) is 1. The predicted octanol–water partition coefficient (Wildman–Crippen LogP) is 1.93. The molecule has 0 fully saturated rings. The van der Waals surface area contributed by atoms with Crippen LogP contribution in [0.25, 0.3) is 0 Å². The van der Waals surface area contributed by atoms with Gasteiger partial charge < -0.3 is 10.1 Å². The van der Waals surface area contributed by atoms with Crippen molar-refractivity contribution in [3.05, 3.63) is 29.3 Å². The maximum Gasteiger partial charge on any atom is 0.179 e. The van der Waals surface area contributed by atoms with Gasteiger partial charge in [-0.05, 0) is 37.6 Å². The van der Waals surface area contributed by atoms with E-state index >= 15 is 0 Å². The van der Waals surface area contributed by atoms with Crippen molar-refractivity contribution < 1.29 is 9.53 Å². The quantitative estimate of drug-likeness (QED) is 0.761. The Morgan fingerprint density at radius 2 is 2.00 bits per heavy atom. The number of Topliss-reactive ketones (excluding diaryl/α,β-unsaturated/α-hetero) is 1. The molecule has 1 aromatic carbocycles. The first-order valence-electron chi connectivity index (χ1n) is 5.11. The summed E-state index contributed by atoms with van der Waals surface area (Å²) in [5, 5.41) is 3.23. The van der Waals surface area contributed by atoms with Crippen LogP contribution in [0.15, 0.2) is 18.2 Å². The van der Waals surface area contributed by atoms with E-state index in [0.717, 1.165) is 16.9 Å². The number of ketones is 1. The Balaban J connectivity index is 2.51. The van der Waals surface area contributed by atoms with Gasteiger partial charge in [0.15, 0.2) is 5.78 Å². The van der Waals surface area contributed by atoms with Crippen molar-refractivity contribution in [2.24, 2.45) is 0 Å². The summed E-state index contributed by atoms with van der Waals surface area (Å²) in [6.07, 6.45) is 0. The molecule has 0 radical (unpaired) electrons. The maximum absolute atomic E-state index is 11.9. The first-order chi connectivity index (χ1) is 7.13. The van der Waals surface area contributed by atoms with Crippen LogP contribution >= 0.6 is 0 Å². The van der Waals surface area contributed by atoms with Gasteiger partial charge >= 0.3 is 0 Å². The van der Waals surface area contributed by atoms with E-state index in [1.165, 1.54) is 0 Å². The molecule has 0 amide bonds. The maximum atomic E-state index is 11.9. The zero-order chi connectivity index (χ0) is 11.0. The normalized spacial score (nSPS) is 24.9. The van der Waals surface area contributed by atoms with E-state index < -0.39 is 0 Å². The van der Waals surface area contributed by atoms with Crippen molar-refractivity contribution in [1.29, 1.82) is 0 Å². The molecule has 0 aromatic heterocycles. The molecule has 2 rings (SSSR count). The highest BCUT2D eigenvalue weighted by atomic mass is 16.5. The summed E-state index contributed by atoms with van der Waals surface area (Å²) >= 11 is 0. The van der Waals surface area contributed by atoms with Gasteiger partial charge in [-0.15, -0.1) is 0 Å². The Bertz CT molecular complexity index is 401. The lowest BCUT2D eigenvalue weighted by Crippen LogP contribution is -2.41. The van der Waals surface area contributed by atoms with Gasteiger partial charge in [0, 0.05) is 11.6 Å². The van der Waals surface area contributed by atoms with Crippen LogP contribution in [0.4, 0.5) is 0 Å². The number of fused-ring (bicyclic) bond motifs is 1. The number of nitrogens with one attached hydrogen (secondary N) is 1. The van der Waals surface area contributed by atoms with Crippen molar-refractivity contribution in [2.75, 3.05) is 7.11 Å². The number of hydrogen-bond donors (Lipinski definition) is 1. The highest BCUT2D eigenvalue weighted by molar-refractivity contribution is 6.02. The average Bonchev–Trinajstić information content (AvgIpc) is 2.25. The summed E-state index contributed by atoms with van der Waals surface area (Å²) < 4.78 is 5.15. The van der Waals surface area contributed by atoms with Crippen LogP contribution in [-0.4, -0.2) is 18.9 Å². The first-order valence-corrected chi connectivity index (χ1v) is 5.11. The van der Waals surface area contributed by atoms with Crippen molar-refractivity contribution >= 4 is 5.78 Å². The minimum absolute atomic E-state index is 0.0964. The Morgan fingerprint density at radius 3 is 2.67 bits per heavy atom. The lowest BCUT2D eigenvalue weighted by Gasteiger charge is -2.28. The van der Waals surface area contributed by atoms with Crippen LogP contribution in [0.1, 0.15) is 35.8 Å². The second-order valence-electron chi connectivity index (χ2n) is 3.93. The number of carbonyl (C=O) groups is 1. The molecule has 1 heterocycles. The summed E-state index contributed by atoms with van der Waals surface area (Å²) in [6.45, 7) is 3.95. The molecule has 2 unspecified atom stereocenters. The molecular formula is C12H15NO2. The fraction of sp³-hybridized carbons (Fsp3) is 0.417. The summed E-state index contributed by atoms with van der Waals surface area (Å²) in [7, 11) is 1.63. The molecule has 0 spiro atoms. The van der Waals surface area contributed by atoms with Crippen LogP contribution in [0.2, 0.25) is 0 Å². The van der Waals surface area contributed by atoms with Crippen LogP contribution < -0.4 is 10.1 Å². The second-order valence-corrected chi connectivity index (χ2v) is 3.93. The largest absolute Gasteiger partial charge is 0.497 e. The van der Waals surface area contributed by atoms with Gasteiger partial charge in [-0.3, -0.25) is 4.79 Å². The van der Waals surface area contributed by atoms with Gasteiger partial charge in [0.1, 0.15) is 5.75 Å². The van der Waals surface area contributed by atoms with Gasteiger partial charge in [0.25, 0.3) is 0 Å². The molecule has 1 aromatic rings. The molecule has 0 bridgehead atoms. The van der Waals surface area contributed by atoms with E-state index in [9.17, 15) is 4.79 Å². The molecule has 1 N–H and O–H groups in total. The number of carbonyl (C=O) groups excluding carboxylic acids is 1. The summed E-state index contributed by atoms with van der Waals surface area (Å²) in [5.41, 5.74) is 1.84. The third-order valence-corrected chi connectivity index (χ3v) is 2.88. The number of rotatable bonds is 1. The molecule has 15 heavy (non-hydrogen) atoms. The van der Waals surface area contributed by atoms with Crippen molar-refractivity contribution in [2.45, 2.75) is 25.9 Å². The Kier molecular flexibility index (Phi) is 2.49. The zero-order valence-corrected chi connectivity index (χ0v) is 9.20. The number of methoxy groups -OCH3 is 1. The van der Waals surface area contributed by atoms with Crippen molar-refractivity contribution in [1.82, 2.24) is 5.32 Å². The molecular weight excluding hydrogens is 190 g/mol. The fourth-order valence-corrected chi connectivity index (χ4v) is 2.02. The molecule has 3 nitrogen and oxygen atoms in total. The monoisotopic (exact) mass is 205 g/mol. The van der Waals surface area contributed by atoms with Gasteiger partial charge in [0.2, 0.25) is 0 Å². The van der Waals surface area contributed by atoms with Gasteiger partial charge in [-0.1, -0.05) is 0 Å². The minimum Gasteiger partial charge on any atom is -0.497 e. The third kappa shape index (κ3) is 1.63. The van der Waals surface area contributed by atoms with Crippen LogP contribution in [0.3, 0.4) is 0 Å². The summed E-state index contributed by atoms with van der Waals surface area (Å²) in [4.78, 5) is 11.9. The van der Waals surface area contributed by atoms with Crippen LogP contribution in [-0.2, 0) is 0 Å². The molecule has 1 aliphatic heterocycles. The second kappa shape index (κ2) is 3.66. The van der Waals surface area contributed by atoms with Crippen LogP contribution in [0, 0.1) is 0 Å². The fourth-order valence-electron chi connectivity index (χ4n) is 2.02. The van der Waals surface area contributed by atoms with E-state index in [2.05, 4.69) is 12.2 Å². The van der Waals surface area contributed by atoms with Gasteiger partial charge in [-0.25, -0.2) is 0 Å². The molecule has 0 saturated heterocycles. The third-order valence-electron chi connectivity index (χ3n) is 2.88. The molecule has 80 valence electrons. The summed E-state index contributed by atoms with van der Waals surface area (Å²) in [6, 6.07) is 5.71. The Hall–Kier alpha value is -1.35. The topological polar surface area (TPSA) is 38.3 Å². The van der Waals surface area contributed by atoms with Gasteiger partial charge in [0.05, 0.1) is 13.2 Å². The van der Waals surface area contributed by atoms with Gasteiger partial charge in [-0.2, -0.15) is 0 Å². The average molecular weight is 205 g/mol. The predicted molar refractivity (Wildman–Crippen MR) is 58.3 cm³/mol. The lowest BCUT2D eigenvalue weighted by molar-refractivity contribution is 0.0931. The standard InChI is InChI=1S/C12H15NO2/c1-7-11-6-9(15-3)4-5-10(11)12(14)8(2)13-7/h4-8,13H,1-3H3. The lowest BCUT2D eigenvalue weighted by atomic mass is 9.90. The number of hydrogen-bond acceptors (Lipinski definition) is 3. The molecule has 0 saturated carbocycles. The number of benzene rings is 1. The van der Waals surface area contributed by atoms with E-state index in [1.54, 1.807) is 7.11 Å². The highest BCUT2D eigenvalue weighted by Gasteiger charge is 2.27. The molecule has 0 aliphatic carbocycles. The van der Waals surface area contributed by atoms with Crippen LogP contribution in [0.5, 0.6) is 5.75 Å². The van der Waals surface area contributed by atoms with E-state index in [0.29, 0.717) is 0 Å². The molecule has 3 heteroatoms. The van der Waals surface area contributed by atoms with E-state index in [1.807, 2.05) is 25.1 Å². The van der Waals surface area contributed by atoms with Crippen molar-refractivity contribution in [3.8, 4) is 5.75 Å².